The Morgan fingerprint density at radius 2 is 1.11 bits per heavy atom. The molecule has 3 aromatic rings. The fraction of sp³-hybridized carbons (Fsp3) is 0.442. The molecule has 0 bridgehead atoms. The van der Waals surface area contributed by atoms with Crippen LogP contribution >= 0.6 is 0 Å². The fourth-order valence-corrected chi connectivity index (χ4v) is 6.06. The average molecular weight is 1040 g/mol. The summed E-state index contributed by atoms with van der Waals surface area (Å²) in [6, 6.07) is 23.7. The minimum absolute atomic E-state index is 0.137. The number of carboxylic acid groups (broad SMARTS) is 4. The lowest BCUT2D eigenvalue weighted by Gasteiger charge is -2.34. The molecule has 2 heterocycles. The molecule has 0 radical (unpaired) electrons. The van der Waals surface area contributed by atoms with E-state index in [1.165, 1.54) is 11.6 Å². The Kier molecular flexibility index (Phi) is 25.5. The molecular formula is C43H47F13N6O9. The number of unbranched alkanes of at least 4 members (excludes halogenated alkanes) is 1. The molecule has 394 valence electrons. The Balaban J connectivity index is 0.000000729. The van der Waals surface area contributed by atoms with Gasteiger partial charge >= 0.3 is 48.6 Å². The maximum atomic E-state index is 15.0. The van der Waals surface area contributed by atoms with Crippen molar-refractivity contribution < 1.29 is 101 Å². The van der Waals surface area contributed by atoms with E-state index >= 15 is 0 Å². The van der Waals surface area contributed by atoms with E-state index in [0.717, 1.165) is 88.6 Å². The van der Waals surface area contributed by atoms with Crippen molar-refractivity contribution in [1.29, 1.82) is 5.26 Å². The van der Waals surface area contributed by atoms with E-state index in [4.69, 9.17) is 44.9 Å². The predicted molar refractivity (Wildman–Crippen MR) is 224 cm³/mol. The number of nitrogens with zero attached hydrogens (tertiary/aromatic N) is 4. The van der Waals surface area contributed by atoms with Gasteiger partial charge in [-0.05, 0) is 72.5 Å². The third kappa shape index (κ3) is 25.7. The molecule has 2 fully saturated rings. The first-order chi connectivity index (χ1) is 32.7. The third-order valence-corrected chi connectivity index (χ3v) is 9.37. The standard InChI is InChI=1S/C35H43FN6O.4C2HF3O2/c1-27-24-42(15-13-38-27)26-29-6-4-8-31(20-29)33-22-28(10-11-34(33)36)23-39-35(43)32-9-5-7-30(21-32)25-41-18-16-40(17-19-41)14-3-2-12-37;4*3-2(4,5)1(6)7/h4-11,20-22,27,38H,2-3,13-19,23-26H2,1H3,(H,39,43);4*(H,6,7)/t27-;;;;/m0..../s1. The lowest BCUT2D eigenvalue weighted by Crippen LogP contribution is -2.48. The van der Waals surface area contributed by atoms with Gasteiger partial charge in [-0.25, -0.2) is 23.6 Å². The number of carbonyl (C=O) groups is 5. The van der Waals surface area contributed by atoms with Gasteiger partial charge in [-0.1, -0.05) is 36.4 Å². The van der Waals surface area contributed by atoms with Gasteiger partial charge in [0.2, 0.25) is 0 Å². The number of aliphatic carboxylic acids is 4. The fourth-order valence-electron chi connectivity index (χ4n) is 6.06. The normalized spacial score (nSPS) is 15.5. The Morgan fingerprint density at radius 3 is 1.59 bits per heavy atom. The van der Waals surface area contributed by atoms with E-state index in [-0.39, 0.29) is 11.7 Å². The number of alkyl halides is 12. The van der Waals surface area contributed by atoms with Crippen molar-refractivity contribution in [2.75, 3.05) is 52.4 Å². The van der Waals surface area contributed by atoms with Crippen molar-refractivity contribution in [2.45, 2.75) is 70.1 Å². The zero-order chi connectivity index (χ0) is 54.3. The minimum Gasteiger partial charge on any atom is -0.475 e. The van der Waals surface area contributed by atoms with E-state index in [9.17, 15) is 61.9 Å². The molecule has 1 amide bonds. The number of carbonyl (C=O) groups excluding carboxylic acids is 1. The number of carboxylic acids is 4. The molecule has 0 spiro atoms. The van der Waals surface area contributed by atoms with Gasteiger partial charge in [-0.3, -0.25) is 14.6 Å². The second kappa shape index (κ2) is 28.9. The van der Waals surface area contributed by atoms with E-state index in [0.29, 0.717) is 30.1 Å². The van der Waals surface area contributed by atoms with Crippen LogP contribution in [0.25, 0.3) is 11.1 Å². The summed E-state index contributed by atoms with van der Waals surface area (Å²) < 4.78 is 142. The van der Waals surface area contributed by atoms with Crippen molar-refractivity contribution in [3.63, 3.8) is 0 Å². The van der Waals surface area contributed by atoms with Crippen molar-refractivity contribution in [3.05, 3.63) is 94.8 Å². The SMILES string of the molecule is C[C@H]1CN(Cc2cccc(-c3cc(CNC(=O)c4cccc(CN5CCN(CCCC#N)CC5)c4)ccc3F)c2)CCN1.O=C(O)C(F)(F)F.O=C(O)C(F)(F)F.O=C(O)C(F)(F)F.O=C(O)C(F)(F)F. The largest absolute Gasteiger partial charge is 0.490 e. The zero-order valence-corrected chi connectivity index (χ0v) is 37.2. The molecule has 0 unspecified atom stereocenters. The summed E-state index contributed by atoms with van der Waals surface area (Å²) in [5.41, 5.74) is 5.17. The van der Waals surface area contributed by atoms with Crippen LogP contribution in [0.5, 0.6) is 0 Å². The van der Waals surface area contributed by atoms with Gasteiger partial charge in [0.1, 0.15) is 5.82 Å². The summed E-state index contributed by atoms with van der Waals surface area (Å²) in [6.45, 7) is 12.1. The van der Waals surface area contributed by atoms with Crippen LogP contribution in [0, 0.1) is 17.1 Å². The molecule has 5 rings (SSSR count). The molecule has 6 N–H and O–H groups in total. The number of benzene rings is 3. The summed E-state index contributed by atoms with van der Waals surface area (Å²) >= 11 is 0. The maximum Gasteiger partial charge on any atom is 0.490 e. The van der Waals surface area contributed by atoms with Crippen molar-refractivity contribution >= 4 is 29.8 Å². The first kappa shape index (κ1) is 62.4. The number of hydrogen-bond acceptors (Lipinski definition) is 10. The first-order valence-corrected chi connectivity index (χ1v) is 20.5. The highest BCUT2D eigenvalue weighted by molar-refractivity contribution is 5.94. The number of halogens is 13. The van der Waals surface area contributed by atoms with Crippen LogP contribution in [-0.2, 0) is 38.8 Å². The van der Waals surface area contributed by atoms with Crippen LogP contribution in [-0.4, -0.2) is 148 Å². The highest BCUT2D eigenvalue weighted by Gasteiger charge is 2.40. The highest BCUT2D eigenvalue weighted by atomic mass is 19.4. The molecule has 15 nitrogen and oxygen atoms in total. The summed E-state index contributed by atoms with van der Waals surface area (Å²) in [5, 5.41) is 43.8. The highest BCUT2D eigenvalue weighted by Crippen LogP contribution is 2.26. The Bertz CT molecular complexity index is 2150. The maximum absolute atomic E-state index is 15.0. The first-order valence-electron chi connectivity index (χ1n) is 20.5. The molecule has 3 aromatic carbocycles. The Hall–Kier alpha value is -6.57. The molecule has 28 heteroatoms. The number of amides is 1. The number of rotatable bonds is 11. The van der Waals surface area contributed by atoms with Crippen LogP contribution in [0.15, 0.2) is 66.7 Å². The molecular weight excluding hydrogens is 991 g/mol. The molecule has 2 aliphatic rings. The Labute approximate surface area is 396 Å². The average Bonchev–Trinajstić information content (AvgIpc) is 3.26. The summed E-state index contributed by atoms with van der Waals surface area (Å²) in [7, 11) is 0. The van der Waals surface area contributed by atoms with E-state index in [1.54, 1.807) is 6.07 Å². The van der Waals surface area contributed by atoms with Gasteiger partial charge in [-0.15, -0.1) is 0 Å². The number of nitrogens with one attached hydrogen (secondary N) is 2. The van der Waals surface area contributed by atoms with Gasteiger partial charge in [0.15, 0.2) is 0 Å². The minimum atomic E-state index is -5.08. The van der Waals surface area contributed by atoms with Crippen LogP contribution in [0.2, 0.25) is 0 Å². The van der Waals surface area contributed by atoms with Crippen LogP contribution in [0.4, 0.5) is 57.1 Å². The second-order valence-electron chi connectivity index (χ2n) is 15.1. The monoisotopic (exact) mass is 1040 g/mol. The second-order valence-corrected chi connectivity index (χ2v) is 15.1. The van der Waals surface area contributed by atoms with Crippen LogP contribution < -0.4 is 10.6 Å². The van der Waals surface area contributed by atoms with Gasteiger partial charge in [0.05, 0.1) is 6.07 Å². The summed E-state index contributed by atoms with van der Waals surface area (Å²) in [4.78, 5) is 55.9. The molecule has 0 aromatic heterocycles. The smallest absolute Gasteiger partial charge is 0.475 e. The van der Waals surface area contributed by atoms with Crippen LogP contribution in [0.3, 0.4) is 0 Å². The van der Waals surface area contributed by atoms with Crippen LogP contribution in [0.1, 0.15) is 46.8 Å². The van der Waals surface area contributed by atoms with Gasteiger partial charge < -0.3 is 36.0 Å². The van der Waals surface area contributed by atoms with Crippen molar-refractivity contribution in [2.24, 2.45) is 0 Å². The predicted octanol–water partition coefficient (Wildman–Crippen LogP) is 7.17. The quantitative estimate of drug-likeness (QED) is 0.0828. The topological polar surface area (TPSA) is 224 Å². The lowest BCUT2D eigenvalue weighted by atomic mass is 10.00. The molecule has 0 saturated carbocycles. The molecule has 2 saturated heterocycles. The van der Waals surface area contributed by atoms with E-state index < -0.39 is 48.6 Å². The summed E-state index contributed by atoms with van der Waals surface area (Å²) in [6.07, 6.45) is -18.8. The summed E-state index contributed by atoms with van der Waals surface area (Å²) in [5.74, 6) is -11.4. The van der Waals surface area contributed by atoms with Gasteiger partial charge in [-0.2, -0.15) is 57.9 Å². The molecule has 71 heavy (non-hydrogen) atoms. The molecule has 0 aliphatic carbocycles. The zero-order valence-electron chi connectivity index (χ0n) is 37.2. The number of piperazine rings is 2. The molecule has 2 aliphatic heterocycles. The van der Waals surface area contributed by atoms with Crippen molar-refractivity contribution in [1.82, 2.24) is 25.3 Å². The number of nitriles is 1. The lowest BCUT2D eigenvalue weighted by molar-refractivity contribution is -0.193. The van der Waals surface area contributed by atoms with Gasteiger partial charge in [0, 0.05) is 89.0 Å². The van der Waals surface area contributed by atoms with Gasteiger partial charge in [0.25, 0.3) is 5.91 Å². The number of hydrogen-bond donors (Lipinski definition) is 6. The Morgan fingerprint density at radius 1 is 0.648 bits per heavy atom. The van der Waals surface area contributed by atoms with Crippen molar-refractivity contribution in [3.8, 4) is 17.2 Å². The van der Waals surface area contributed by atoms with E-state index in [2.05, 4.69) is 56.5 Å². The molecule has 1 atom stereocenters. The third-order valence-electron chi connectivity index (χ3n) is 9.37. The van der Waals surface area contributed by atoms with E-state index in [1.807, 2.05) is 36.4 Å².